The first-order chi connectivity index (χ1) is 20.5. The van der Waals surface area contributed by atoms with Crippen LogP contribution in [0.25, 0.3) is 22.5 Å². The number of carbonyl (C=O) groups is 1. The number of fused-ring (bicyclic) bond motifs is 1. The van der Waals surface area contributed by atoms with E-state index in [-0.39, 0.29) is 18.5 Å². The van der Waals surface area contributed by atoms with Crippen LogP contribution in [0.3, 0.4) is 0 Å². The minimum atomic E-state index is -0.878. The summed E-state index contributed by atoms with van der Waals surface area (Å²) >= 11 is 0. The third-order valence-electron chi connectivity index (χ3n) is 7.69. The SMILES string of the molecule is CC(C#N)Nc1cc(-n2ncc3cc(C#N)cnc32)ncc1-n1cc(C2CCC(O)(CCOC(=O)C(C)(C)C)CC2)nn1. The Hall–Kier alpha value is -4.88. The van der Waals surface area contributed by atoms with Gasteiger partial charge in [-0.15, -0.1) is 5.10 Å². The molecule has 1 fully saturated rings. The Labute approximate surface area is 249 Å². The summed E-state index contributed by atoms with van der Waals surface area (Å²) < 4.78 is 8.57. The highest BCUT2D eigenvalue weighted by molar-refractivity contribution is 5.78. The smallest absolute Gasteiger partial charge is 0.311 e. The van der Waals surface area contributed by atoms with Crippen molar-refractivity contribution in [3.8, 4) is 23.6 Å². The van der Waals surface area contributed by atoms with Crippen LogP contribution in [0.4, 0.5) is 5.69 Å². The van der Waals surface area contributed by atoms with Crippen molar-refractivity contribution in [2.75, 3.05) is 11.9 Å². The van der Waals surface area contributed by atoms with Crippen molar-refractivity contribution in [3.05, 3.63) is 48.2 Å². The molecule has 0 bridgehead atoms. The second kappa shape index (κ2) is 11.8. The lowest BCUT2D eigenvalue weighted by atomic mass is 9.76. The maximum Gasteiger partial charge on any atom is 0.311 e. The van der Waals surface area contributed by atoms with Gasteiger partial charge in [0.25, 0.3) is 0 Å². The van der Waals surface area contributed by atoms with E-state index in [1.165, 1.54) is 6.20 Å². The zero-order valence-corrected chi connectivity index (χ0v) is 24.7. The minimum Gasteiger partial charge on any atom is -0.465 e. The monoisotopic (exact) mass is 582 g/mol. The number of hydrogen-bond acceptors (Lipinski definition) is 11. The van der Waals surface area contributed by atoms with E-state index in [4.69, 9.17) is 4.74 Å². The maximum atomic E-state index is 12.1. The Kier molecular flexibility index (Phi) is 8.11. The Morgan fingerprint density at radius 2 is 1.98 bits per heavy atom. The molecule has 0 saturated heterocycles. The van der Waals surface area contributed by atoms with Gasteiger partial charge in [-0.1, -0.05) is 5.21 Å². The Bertz CT molecular complexity index is 1710. The lowest BCUT2D eigenvalue weighted by molar-refractivity contribution is -0.154. The van der Waals surface area contributed by atoms with Crippen LogP contribution in [-0.4, -0.2) is 64.1 Å². The number of hydrogen-bond donors (Lipinski definition) is 2. The molecule has 1 unspecified atom stereocenters. The molecule has 0 aromatic carbocycles. The molecule has 4 aromatic rings. The summed E-state index contributed by atoms with van der Waals surface area (Å²) in [7, 11) is 0. The fourth-order valence-corrected chi connectivity index (χ4v) is 5.10. The molecule has 13 nitrogen and oxygen atoms in total. The van der Waals surface area contributed by atoms with Crippen molar-refractivity contribution >= 4 is 22.7 Å². The molecule has 222 valence electrons. The van der Waals surface area contributed by atoms with Crippen molar-refractivity contribution in [2.45, 2.75) is 77.4 Å². The molecule has 0 aliphatic heterocycles. The van der Waals surface area contributed by atoms with Gasteiger partial charge in [-0.25, -0.2) is 14.6 Å². The summed E-state index contributed by atoms with van der Waals surface area (Å²) in [5.41, 5.74) is 1.55. The second-order valence-corrected chi connectivity index (χ2v) is 12.1. The molecular weight excluding hydrogens is 548 g/mol. The number of rotatable bonds is 8. The van der Waals surface area contributed by atoms with Crippen LogP contribution in [0.2, 0.25) is 0 Å². The van der Waals surface area contributed by atoms with Gasteiger partial charge >= 0.3 is 5.97 Å². The van der Waals surface area contributed by atoms with E-state index in [0.29, 0.717) is 53.1 Å². The standard InChI is InChI=1S/C30H34N10O3/c1-19(13-31)36-23-12-26(40-27-22(16-35-40)11-20(14-32)15-34-27)33-17-25(23)39-18-24(37-38-39)21-5-7-30(42,8-6-21)9-10-43-28(41)29(2,3)4/h11-12,15-19,21,42H,5-10H2,1-4H3,(H,33,36). The summed E-state index contributed by atoms with van der Waals surface area (Å²) in [5.74, 6) is 0.321. The first kappa shape index (κ1) is 29.6. The van der Waals surface area contributed by atoms with Crippen LogP contribution < -0.4 is 5.32 Å². The molecule has 0 radical (unpaired) electrons. The normalized spacial score (nSPS) is 19.4. The maximum absolute atomic E-state index is 12.1. The van der Waals surface area contributed by atoms with Gasteiger partial charge in [0.15, 0.2) is 11.5 Å². The summed E-state index contributed by atoms with van der Waals surface area (Å²) in [5, 5.41) is 46.8. The van der Waals surface area contributed by atoms with Crippen molar-refractivity contribution in [1.29, 1.82) is 10.5 Å². The van der Waals surface area contributed by atoms with Crippen molar-refractivity contribution in [1.82, 2.24) is 34.7 Å². The van der Waals surface area contributed by atoms with Crippen LogP contribution in [0, 0.1) is 28.1 Å². The number of nitrogens with one attached hydrogen (secondary N) is 1. The Balaban J connectivity index is 1.32. The number of ether oxygens (including phenoxy) is 1. The molecule has 0 spiro atoms. The van der Waals surface area contributed by atoms with Gasteiger partial charge in [-0.2, -0.15) is 20.3 Å². The van der Waals surface area contributed by atoms with E-state index in [0.717, 1.165) is 18.5 Å². The first-order valence-corrected chi connectivity index (χ1v) is 14.2. The molecule has 1 saturated carbocycles. The molecule has 0 amide bonds. The number of esters is 1. The number of aliphatic hydroxyl groups is 1. The third kappa shape index (κ3) is 6.47. The summed E-state index contributed by atoms with van der Waals surface area (Å²) in [4.78, 5) is 21.0. The average Bonchev–Trinajstić information content (AvgIpc) is 3.64. The number of carbonyl (C=O) groups excluding carboxylic acids is 1. The van der Waals surface area contributed by atoms with E-state index in [9.17, 15) is 20.4 Å². The first-order valence-electron chi connectivity index (χ1n) is 14.2. The third-order valence-corrected chi connectivity index (χ3v) is 7.69. The minimum absolute atomic E-state index is 0.118. The largest absolute Gasteiger partial charge is 0.465 e. The molecule has 5 rings (SSSR count). The molecule has 1 aliphatic carbocycles. The van der Waals surface area contributed by atoms with Gasteiger partial charge in [-0.05, 0) is 59.4 Å². The molecule has 2 N–H and O–H groups in total. The number of anilines is 1. The zero-order valence-electron chi connectivity index (χ0n) is 24.7. The van der Waals surface area contributed by atoms with E-state index >= 15 is 0 Å². The Morgan fingerprint density at radius 1 is 1.21 bits per heavy atom. The van der Waals surface area contributed by atoms with Crippen molar-refractivity contribution < 1.29 is 14.6 Å². The molecule has 4 heterocycles. The van der Waals surface area contributed by atoms with E-state index in [2.05, 4.69) is 42.8 Å². The molecule has 13 heteroatoms. The summed E-state index contributed by atoms with van der Waals surface area (Å²) in [6.07, 6.45) is 9.59. The highest BCUT2D eigenvalue weighted by atomic mass is 16.5. The molecule has 1 atom stereocenters. The van der Waals surface area contributed by atoms with Gasteiger partial charge in [0.1, 0.15) is 17.8 Å². The van der Waals surface area contributed by atoms with Gasteiger partial charge in [0.2, 0.25) is 0 Å². The predicted octanol–water partition coefficient (Wildman–Crippen LogP) is 3.96. The lowest BCUT2D eigenvalue weighted by Crippen LogP contribution is -2.35. The molecule has 1 aliphatic rings. The van der Waals surface area contributed by atoms with Crippen LogP contribution in [0.1, 0.15) is 77.0 Å². The number of aromatic nitrogens is 7. The fraction of sp³-hybridized carbons (Fsp3) is 0.467. The van der Waals surface area contributed by atoms with Gasteiger partial charge < -0.3 is 15.2 Å². The van der Waals surface area contributed by atoms with Gasteiger partial charge in [0, 0.05) is 30.0 Å². The Morgan fingerprint density at radius 3 is 2.67 bits per heavy atom. The topological polar surface area (TPSA) is 180 Å². The van der Waals surface area contributed by atoms with Crippen molar-refractivity contribution in [2.24, 2.45) is 5.41 Å². The highest BCUT2D eigenvalue weighted by Gasteiger charge is 2.35. The number of nitriles is 2. The fourth-order valence-electron chi connectivity index (χ4n) is 5.10. The van der Waals surface area contributed by atoms with E-state index < -0.39 is 17.1 Å². The molecule has 43 heavy (non-hydrogen) atoms. The quantitative estimate of drug-likeness (QED) is 0.287. The zero-order chi connectivity index (χ0) is 30.8. The van der Waals surface area contributed by atoms with Gasteiger partial charge in [0.05, 0.1) is 59.2 Å². The predicted molar refractivity (Wildman–Crippen MR) is 156 cm³/mol. The van der Waals surface area contributed by atoms with Crippen LogP contribution in [0.5, 0.6) is 0 Å². The van der Waals surface area contributed by atoms with Crippen molar-refractivity contribution in [3.63, 3.8) is 0 Å². The van der Waals surface area contributed by atoms with E-state index in [1.54, 1.807) is 61.6 Å². The molecular formula is C30H34N10O3. The number of nitrogens with zero attached hydrogens (tertiary/aromatic N) is 9. The molecule has 4 aromatic heterocycles. The summed E-state index contributed by atoms with van der Waals surface area (Å²) in [6.45, 7) is 7.36. The lowest BCUT2D eigenvalue weighted by Gasteiger charge is -2.35. The van der Waals surface area contributed by atoms with E-state index in [1.807, 2.05) is 6.20 Å². The summed E-state index contributed by atoms with van der Waals surface area (Å²) in [6, 6.07) is 7.24. The van der Waals surface area contributed by atoms with Crippen LogP contribution >= 0.6 is 0 Å². The number of pyridine rings is 2. The highest BCUT2D eigenvalue weighted by Crippen LogP contribution is 2.39. The van der Waals surface area contributed by atoms with Crippen LogP contribution in [-0.2, 0) is 9.53 Å². The average molecular weight is 583 g/mol. The van der Waals surface area contributed by atoms with Crippen LogP contribution in [0.15, 0.2) is 36.9 Å². The second-order valence-electron chi connectivity index (χ2n) is 12.1. The van der Waals surface area contributed by atoms with Gasteiger partial charge in [-0.3, -0.25) is 4.79 Å².